The van der Waals surface area contributed by atoms with Crippen molar-refractivity contribution in [2.75, 3.05) is 4.72 Å². The van der Waals surface area contributed by atoms with Crippen LogP contribution in [0.5, 0.6) is 0 Å². The van der Waals surface area contributed by atoms with Crippen LogP contribution >= 0.6 is 22.9 Å². The normalized spacial score (nSPS) is 11.3. The van der Waals surface area contributed by atoms with Crippen molar-refractivity contribution < 1.29 is 18.3 Å². The smallest absolute Gasteiger partial charge is 0.338 e. The molecule has 0 atom stereocenters. The molecular formula is C12H10ClNO4S2. The fourth-order valence-electron chi connectivity index (χ4n) is 1.67. The molecule has 0 fully saturated rings. The largest absolute Gasteiger partial charge is 0.478 e. The van der Waals surface area contributed by atoms with Crippen LogP contribution in [0.3, 0.4) is 0 Å². The van der Waals surface area contributed by atoms with Crippen LogP contribution in [0.25, 0.3) is 0 Å². The van der Waals surface area contributed by atoms with Gasteiger partial charge in [0.2, 0.25) is 0 Å². The monoisotopic (exact) mass is 331 g/mol. The molecule has 1 aromatic carbocycles. The zero-order chi connectivity index (χ0) is 14.9. The number of hydrogen-bond donors (Lipinski definition) is 2. The van der Waals surface area contributed by atoms with Gasteiger partial charge < -0.3 is 5.11 Å². The fourth-order valence-corrected chi connectivity index (χ4v) is 4.23. The van der Waals surface area contributed by atoms with Crippen molar-refractivity contribution in [3.63, 3.8) is 0 Å². The summed E-state index contributed by atoms with van der Waals surface area (Å²) in [5.74, 6) is -1.19. The number of rotatable bonds is 4. The summed E-state index contributed by atoms with van der Waals surface area (Å²) in [5.41, 5.74) is 0.433. The number of carboxylic acid groups (broad SMARTS) is 1. The molecule has 1 aromatic heterocycles. The SMILES string of the molecule is Cc1cccc(NS(=O)(=O)c2ccc(Cl)s2)c1C(=O)O. The minimum Gasteiger partial charge on any atom is -0.478 e. The van der Waals surface area contributed by atoms with Crippen molar-refractivity contribution in [3.8, 4) is 0 Å². The van der Waals surface area contributed by atoms with E-state index in [0.29, 0.717) is 9.90 Å². The van der Waals surface area contributed by atoms with Crippen molar-refractivity contribution in [3.05, 3.63) is 45.8 Å². The number of benzene rings is 1. The highest BCUT2D eigenvalue weighted by molar-refractivity contribution is 7.94. The molecule has 8 heteroatoms. The lowest BCUT2D eigenvalue weighted by atomic mass is 10.1. The molecule has 1 heterocycles. The van der Waals surface area contributed by atoms with E-state index in [0.717, 1.165) is 11.3 Å². The Labute approximate surface area is 124 Å². The molecule has 2 aromatic rings. The van der Waals surface area contributed by atoms with Crippen molar-refractivity contribution >= 4 is 44.6 Å². The Morgan fingerprint density at radius 2 is 2.00 bits per heavy atom. The first-order valence-electron chi connectivity index (χ1n) is 5.42. The summed E-state index contributed by atoms with van der Waals surface area (Å²) in [4.78, 5) is 11.2. The van der Waals surface area contributed by atoms with Crippen molar-refractivity contribution in [2.24, 2.45) is 0 Å². The number of thiophene rings is 1. The van der Waals surface area contributed by atoms with Gasteiger partial charge in [-0.25, -0.2) is 13.2 Å². The van der Waals surface area contributed by atoms with Crippen molar-refractivity contribution in [1.82, 2.24) is 0 Å². The number of sulfonamides is 1. The molecule has 0 aliphatic carbocycles. The molecule has 2 rings (SSSR count). The van der Waals surface area contributed by atoms with E-state index in [1.807, 2.05) is 0 Å². The predicted octanol–water partition coefficient (Wildman–Crippen LogP) is 3.21. The number of halogens is 1. The Kier molecular flexibility index (Phi) is 4.03. The lowest BCUT2D eigenvalue weighted by molar-refractivity contribution is 0.0697. The lowest BCUT2D eigenvalue weighted by Crippen LogP contribution is -2.15. The van der Waals surface area contributed by atoms with Crippen molar-refractivity contribution in [1.29, 1.82) is 0 Å². The number of anilines is 1. The summed E-state index contributed by atoms with van der Waals surface area (Å²) < 4.78 is 26.9. The van der Waals surface area contributed by atoms with E-state index >= 15 is 0 Å². The van der Waals surface area contributed by atoms with Gasteiger partial charge in [-0.2, -0.15) is 0 Å². The second-order valence-electron chi connectivity index (χ2n) is 3.97. The third-order valence-corrected chi connectivity index (χ3v) is 5.63. The van der Waals surface area contributed by atoms with E-state index in [9.17, 15) is 13.2 Å². The molecule has 0 bridgehead atoms. The van der Waals surface area contributed by atoms with Gasteiger partial charge in [0.05, 0.1) is 15.6 Å². The van der Waals surface area contributed by atoms with Crippen LogP contribution in [0, 0.1) is 6.92 Å². The van der Waals surface area contributed by atoms with E-state index in [2.05, 4.69) is 4.72 Å². The molecule has 0 saturated carbocycles. The molecule has 20 heavy (non-hydrogen) atoms. The van der Waals surface area contributed by atoms with E-state index in [1.165, 1.54) is 18.2 Å². The molecule has 0 spiro atoms. The standard InChI is InChI=1S/C12H10ClNO4S2/c1-7-3-2-4-8(11(7)12(15)16)14-20(17,18)10-6-5-9(13)19-10/h2-6,14H,1H3,(H,15,16). The van der Waals surface area contributed by atoms with Crippen LogP contribution in [0.15, 0.2) is 34.5 Å². The van der Waals surface area contributed by atoms with Gasteiger partial charge in [-0.05, 0) is 30.7 Å². The first-order valence-corrected chi connectivity index (χ1v) is 8.10. The second-order valence-corrected chi connectivity index (χ2v) is 7.59. The van der Waals surface area contributed by atoms with Crippen LogP contribution in [0.1, 0.15) is 15.9 Å². The Morgan fingerprint density at radius 3 is 2.55 bits per heavy atom. The minimum absolute atomic E-state index is 0.0281. The number of hydrogen-bond acceptors (Lipinski definition) is 4. The van der Waals surface area contributed by atoms with Gasteiger partial charge in [-0.3, -0.25) is 4.72 Å². The average molecular weight is 332 g/mol. The summed E-state index contributed by atoms with van der Waals surface area (Å²) in [6.45, 7) is 1.60. The average Bonchev–Trinajstić information content (AvgIpc) is 2.75. The van der Waals surface area contributed by atoms with E-state index in [-0.39, 0.29) is 15.5 Å². The summed E-state index contributed by atoms with van der Waals surface area (Å²) in [5, 5.41) is 9.16. The highest BCUT2D eigenvalue weighted by atomic mass is 35.5. The van der Waals surface area contributed by atoms with Gasteiger partial charge >= 0.3 is 5.97 Å². The predicted molar refractivity (Wildman–Crippen MR) is 78.3 cm³/mol. The molecule has 0 radical (unpaired) electrons. The number of aromatic carboxylic acids is 1. The zero-order valence-corrected chi connectivity index (χ0v) is 12.6. The Balaban J connectivity index is 2.45. The van der Waals surface area contributed by atoms with E-state index in [1.54, 1.807) is 19.1 Å². The fraction of sp³-hybridized carbons (Fsp3) is 0.0833. The molecule has 0 aliphatic heterocycles. The highest BCUT2D eigenvalue weighted by Crippen LogP contribution is 2.28. The third-order valence-electron chi connectivity index (χ3n) is 2.54. The summed E-state index contributed by atoms with van der Waals surface area (Å²) >= 11 is 6.61. The number of carbonyl (C=O) groups is 1. The maximum absolute atomic E-state index is 12.1. The molecule has 2 N–H and O–H groups in total. The van der Waals surface area contributed by atoms with Gasteiger partial charge in [0.15, 0.2) is 0 Å². The maximum atomic E-state index is 12.1. The Hall–Kier alpha value is -1.57. The molecule has 5 nitrogen and oxygen atoms in total. The zero-order valence-electron chi connectivity index (χ0n) is 10.3. The lowest BCUT2D eigenvalue weighted by Gasteiger charge is -2.11. The first-order chi connectivity index (χ1) is 9.31. The Morgan fingerprint density at radius 1 is 1.30 bits per heavy atom. The molecule has 0 unspecified atom stereocenters. The number of nitrogens with one attached hydrogen (secondary N) is 1. The summed E-state index contributed by atoms with van der Waals surface area (Å²) in [7, 11) is -3.84. The van der Waals surface area contributed by atoms with Gasteiger partial charge in [-0.15, -0.1) is 11.3 Å². The molecule has 0 aliphatic rings. The van der Waals surface area contributed by atoms with E-state index in [4.69, 9.17) is 16.7 Å². The van der Waals surface area contributed by atoms with E-state index < -0.39 is 16.0 Å². The topological polar surface area (TPSA) is 83.5 Å². The van der Waals surface area contributed by atoms with Gasteiger partial charge in [0, 0.05) is 0 Å². The van der Waals surface area contributed by atoms with Gasteiger partial charge in [0.1, 0.15) is 4.21 Å². The quantitative estimate of drug-likeness (QED) is 0.901. The van der Waals surface area contributed by atoms with Crippen LogP contribution in [0.4, 0.5) is 5.69 Å². The van der Waals surface area contributed by atoms with Crippen LogP contribution in [-0.2, 0) is 10.0 Å². The minimum atomic E-state index is -3.84. The van der Waals surface area contributed by atoms with Gasteiger partial charge in [0.25, 0.3) is 10.0 Å². The molecule has 0 saturated heterocycles. The van der Waals surface area contributed by atoms with Crippen LogP contribution in [0.2, 0.25) is 4.34 Å². The maximum Gasteiger partial charge on any atom is 0.338 e. The number of carboxylic acids is 1. The molecule has 0 amide bonds. The first kappa shape index (κ1) is 14.8. The molecular weight excluding hydrogens is 322 g/mol. The number of aryl methyl sites for hydroxylation is 1. The third kappa shape index (κ3) is 2.95. The van der Waals surface area contributed by atoms with Crippen molar-refractivity contribution in [2.45, 2.75) is 11.1 Å². The second kappa shape index (κ2) is 5.43. The highest BCUT2D eigenvalue weighted by Gasteiger charge is 2.21. The van der Waals surface area contributed by atoms with Gasteiger partial charge in [-0.1, -0.05) is 23.7 Å². The summed E-state index contributed by atoms with van der Waals surface area (Å²) in [6.07, 6.45) is 0. The van der Waals surface area contributed by atoms with Crippen LogP contribution < -0.4 is 4.72 Å². The summed E-state index contributed by atoms with van der Waals surface area (Å²) in [6, 6.07) is 7.42. The van der Waals surface area contributed by atoms with Crippen LogP contribution in [-0.4, -0.2) is 19.5 Å². The Bertz CT molecular complexity index is 768. The molecule has 106 valence electrons.